The van der Waals surface area contributed by atoms with Crippen LogP contribution in [0.5, 0.6) is 0 Å². The number of hydrogen-bond acceptors (Lipinski definition) is 3. The normalized spacial score (nSPS) is 11.7. The van der Waals surface area contributed by atoms with Gasteiger partial charge in [-0.25, -0.2) is 0 Å². The molecular weight excluding hydrogens is 301 g/mol. The van der Waals surface area contributed by atoms with E-state index in [-0.39, 0.29) is 5.56 Å². The molecule has 4 nitrogen and oxygen atoms in total. The molecule has 3 N–H and O–H groups in total. The Hall–Kier alpha value is -1.96. The zero-order valence-electron chi connectivity index (χ0n) is 11.3. The van der Waals surface area contributed by atoms with Crippen molar-refractivity contribution in [1.82, 2.24) is 9.78 Å². The molecule has 0 saturated heterocycles. The Labute approximate surface area is 123 Å². The number of nitrogens with two attached hydrogens (primary N) is 1. The predicted octanol–water partition coefficient (Wildman–Crippen LogP) is 3.18. The van der Waals surface area contributed by atoms with E-state index >= 15 is 0 Å². The highest BCUT2D eigenvalue weighted by atomic mass is 32.2. The highest BCUT2D eigenvalue weighted by Crippen LogP contribution is 2.35. The van der Waals surface area contributed by atoms with E-state index in [9.17, 15) is 13.2 Å². The van der Waals surface area contributed by atoms with Gasteiger partial charge in [0, 0.05) is 17.5 Å². The highest BCUT2D eigenvalue weighted by Gasteiger charge is 2.31. The Morgan fingerprint density at radius 1 is 1.33 bits per heavy atom. The van der Waals surface area contributed by atoms with Gasteiger partial charge in [-0.1, -0.05) is 11.8 Å². The van der Waals surface area contributed by atoms with Crippen molar-refractivity contribution in [3.8, 4) is 0 Å². The molecule has 0 amide bonds. The molecule has 21 heavy (non-hydrogen) atoms. The van der Waals surface area contributed by atoms with Gasteiger partial charge in [-0.2, -0.15) is 18.3 Å². The van der Waals surface area contributed by atoms with Gasteiger partial charge in [0.05, 0.1) is 16.3 Å². The van der Waals surface area contributed by atoms with Gasteiger partial charge in [0.1, 0.15) is 5.84 Å². The quantitative estimate of drug-likeness (QED) is 0.675. The van der Waals surface area contributed by atoms with Crippen LogP contribution in [0.25, 0.3) is 0 Å². The summed E-state index contributed by atoms with van der Waals surface area (Å²) < 4.78 is 39.8. The van der Waals surface area contributed by atoms with Crippen LogP contribution in [0.4, 0.5) is 13.2 Å². The fourth-order valence-corrected chi connectivity index (χ4v) is 2.84. The standard InChI is InChI=1S/C13H13F3N4S/c1-7-5-11(20(2)19-7)21-10-4-3-8(13(14,15)16)6-9(10)12(17)18/h3-6H,1-2H3,(H3,17,18). The summed E-state index contributed by atoms with van der Waals surface area (Å²) >= 11 is 1.22. The highest BCUT2D eigenvalue weighted by molar-refractivity contribution is 7.99. The number of nitrogens with one attached hydrogen (secondary N) is 1. The van der Waals surface area contributed by atoms with E-state index in [0.29, 0.717) is 4.90 Å². The van der Waals surface area contributed by atoms with Crippen LogP contribution in [0.15, 0.2) is 34.2 Å². The number of nitrogens with zero attached hydrogens (tertiary/aromatic N) is 2. The number of alkyl halides is 3. The Bertz CT molecular complexity index is 691. The molecule has 0 unspecified atom stereocenters. The van der Waals surface area contributed by atoms with Crippen molar-refractivity contribution in [2.45, 2.75) is 23.0 Å². The second-order valence-corrected chi connectivity index (χ2v) is 5.53. The summed E-state index contributed by atoms with van der Waals surface area (Å²) in [5.74, 6) is -0.400. The van der Waals surface area contributed by atoms with Gasteiger partial charge >= 0.3 is 6.18 Å². The summed E-state index contributed by atoms with van der Waals surface area (Å²) in [6.45, 7) is 1.82. The lowest BCUT2D eigenvalue weighted by Gasteiger charge is -2.12. The molecule has 0 aliphatic heterocycles. The van der Waals surface area contributed by atoms with Crippen molar-refractivity contribution in [3.05, 3.63) is 41.1 Å². The number of nitrogen functional groups attached to an aromatic ring is 1. The van der Waals surface area contributed by atoms with Gasteiger partial charge < -0.3 is 5.73 Å². The van der Waals surface area contributed by atoms with E-state index in [0.717, 1.165) is 22.9 Å². The summed E-state index contributed by atoms with van der Waals surface area (Å²) in [6, 6.07) is 5.02. The van der Waals surface area contributed by atoms with E-state index in [4.69, 9.17) is 11.1 Å². The van der Waals surface area contributed by atoms with Gasteiger partial charge in [-0.15, -0.1) is 0 Å². The minimum Gasteiger partial charge on any atom is -0.384 e. The number of rotatable bonds is 3. The molecule has 0 atom stereocenters. The van der Waals surface area contributed by atoms with Gasteiger partial charge in [0.2, 0.25) is 0 Å². The summed E-state index contributed by atoms with van der Waals surface area (Å²) in [7, 11) is 1.74. The van der Waals surface area contributed by atoms with Crippen LogP contribution >= 0.6 is 11.8 Å². The largest absolute Gasteiger partial charge is 0.416 e. The summed E-state index contributed by atoms with van der Waals surface area (Å²) in [6.07, 6.45) is -4.46. The Kier molecular flexibility index (Phi) is 3.99. The minimum absolute atomic E-state index is 0.0636. The number of halogens is 3. The first-order valence-electron chi connectivity index (χ1n) is 5.92. The van der Waals surface area contributed by atoms with Crippen molar-refractivity contribution in [3.63, 3.8) is 0 Å². The number of amidine groups is 1. The molecular formula is C13H13F3N4S. The maximum Gasteiger partial charge on any atom is 0.416 e. The number of aryl methyl sites for hydroxylation is 2. The number of aromatic nitrogens is 2. The molecule has 2 aromatic rings. The van der Waals surface area contributed by atoms with Crippen molar-refractivity contribution in [2.24, 2.45) is 12.8 Å². The van der Waals surface area contributed by atoms with Crippen LogP contribution in [0.1, 0.15) is 16.8 Å². The fraction of sp³-hybridized carbons (Fsp3) is 0.231. The molecule has 0 spiro atoms. The lowest BCUT2D eigenvalue weighted by molar-refractivity contribution is -0.137. The van der Waals surface area contributed by atoms with Crippen molar-refractivity contribution in [2.75, 3.05) is 0 Å². The van der Waals surface area contributed by atoms with Crippen LogP contribution in [0.3, 0.4) is 0 Å². The third kappa shape index (κ3) is 3.38. The van der Waals surface area contributed by atoms with Crippen LogP contribution < -0.4 is 5.73 Å². The van der Waals surface area contributed by atoms with Crippen molar-refractivity contribution >= 4 is 17.6 Å². The molecule has 112 valence electrons. The van der Waals surface area contributed by atoms with Crippen molar-refractivity contribution in [1.29, 1.82) is 5.41 Å². The minimum atomic E-state index is -4.46. The fourth-order valence-electron chi connectivity index (χ4n) is 1.80. The Morgan fingerprint density at radius 2 is 2.00 bits per heavy atom. The monoisotopic (exact) mass is 314 g/mol. The maximum atomic E-state index is 12.7. The topological polar surface area (TPSA) is 67.7 Å². The number of hydrogen-bond donors (Lipinski definition) is 2. The van der Waals surface area contributed by atoms with Gasteiger partial charge in [0.25, 0.3) is 0 Å². The second-order valence-electron chi connectivity index (χ2n) is 4.47. The van der Waals surface area contributed by atoms with Crippen LogP contribution in [-0.2, 0) is 13.2 Å². The van der Waals surface area contributed by atoms with Crippen LogP contribution in [0, 0.1) is 12.3 Å². The molecule has 1 aromatic carbocycles. The number of benzene rings is 1. The van der Waals surface area contributed by atoms with E-state index in [1.807, 2.05) is 13.0 Å². The Morgan fingerprint density at radius 3 is 2.48 bits per heavy atom. The SMILES string of the molecule is Cc1cc(Sc2ccc(C(F)(F)F)cc2C(=N)N)n(C)n1. The molecule has 1 aromatic heterocycles. The van der Waals surface area contributed by atoms with Gasteiger partial charge in [-0.3, -0.25) is 10.1 Å². The smallest absolute Gasteiger partial charge is 0.384 e. The van der Waals surface area contributed by atoms with E-state index in [1.165, 1.54) is 17.8 Å². The first-order chi connectivity index (χ1) is 9.68. The molecule has 0 aliphatic carbocycles. The molecule has 0 fully saturated rings. The third-order valence-corrected chi connectivity index (χ3v) is 3.94. The third-order valence-electron chi connectivity index (χ3n) is 2.77. The molecule has 0 bridgehead atoms. The Balaban J connectivity index is 2.44. The second kappa shape index (κ2) is 5.44. The predicted molar refractivity (Wildman–Crippen MR) is 74.5 cm³/mol. The van der Waals surface area contributed by atoms with E-state index < -0.39 is 17.6 Å². The zero-order chi connectivity index (χ0) is 15.8. The summed E-state index contributed by atoms with van der Waals surface area (Å²) in [5.41, 5.74) is 5.45. The van der Waals surface area contributed by atoms with Crippen molar-refractivity contribution < 1.29 is 13.2 Å². The maximum absolute atomic E-state index is 12.7. The average molecular weight is 314 g/mol. The van der Waals surface area contributed by atoms with Gasteiger partial charge in [-0.05, 0) is 31.2 Å². The molecule has 1 heterocycles. The molecule has 0 radical (unpaired) electrons. The lowest BCUT2D eigenvalue weighted by Crippen LogP contribution is -2.15. The summed E-state index contributed by atoms with van der Waals surface area (Å²) in [5, 5.41) is 12.4. The zero-order valence-corrected chi connectivity index (χ0v) is 12.1. The van der Waals surface area contributed by atoms with E-state index in [1.54, 1.807) is 11.7 Å². The van der Waals surface area contributed by atoms with E-state index in [2.05, 4.69) is 5.10 Å². The van der Waals surface area contributed by atoms with Crippen LogP contribution in [-0.4, -0.2) is 15.6 Å². The molecule has 0 saturated carbocycles. The first-order valence-corrected chi connectivity index (χ1v) is 6.74. The average Bonchev–Trinajstić information content (AvgIpc) is 2.66. The van der Waals surface area contributed by atoms with Gasteiger partial charge in [0.15, 0.2) is 0 Å². The molecule has 2 rings (SSSR count). The summed E-state index contributed by atoms with van der Waals surface area (Å²) in [4.78, 5) is 0.485. The molecule has 0 aliphatic rings. The van der Waals surface area contributed by atoms with Crippen LogP contribution in [0.2, 0.25) is 0 Å². The first kappa shape index (κ1) is 15.4. The molecule has 8 heteroatoms. The lowest BCUT2D eigenvalue weighted by atomic mass is 10.1.